The Balaban J connectivity index is 2.01. The number of unbranched alkanes of at least 4 members (excludes halogenated alkanes) is 1. The molecule has 1 nitrogen and oxygen atoms in total. The Hall–Kier alpha value is -0.460. The summed E-state index contributed by atoms with van der Waals surface area (Å²) in [6, 6.07) is 0. The van der Waals surface area contributed by atoms with E-state index in [0.717, 1.165) is 0 Å². The quantitative estimate of drug-likeness (QED) is 0.590. The first-order chi connectivity index (χ1) is 4.93. The SMILES string of the molecule is CCCCNC1=CCCC1. The summed E-state index contributed by atoms with van der Waals surface area (Å²) >= 11 is 0. The molecule has 0 aliphatic heterocycles. The molecule has 0 amide bonds. The van der Waals surface area contributed by atoms with Crippen LogP contribution < -0.4 is 5.32 Å². The highest BCUT2D eigenvalue weighted by atomic mass is 14.9. The highest BCUT2D eigenvalue weighted by Crippen LogP contribution is 2.14. The van der Waals surface area contributed by atoms with Gasteiger partial charge < -0.3 is 5.32 Å². The van der Waals surface area contributed by atoms with E-state index >= 15 is 0 Å². The zero-order valence-electron chi connectivity index (χ0n) is 6.82. The zero-order valence-corrected chi connectivity index (χ0v) is 6.82. The summed E-state index contributed by atoms with van der Waals surface area (Å²) in [5, 5.41) is 3.44. The van der Waals surface area contributed by atoms with E-state index in [4.69, 9.17) is 0 Å². The largest absolute Gasteiger partial charge is 0.389 e. The minimum Gasteiger partial charge on any atom is -0.389 e. The highest BCUT2D eigenvalue weighted by Gasteiger charge is 2.01. The van der Waals surface area contributed by atoms with Crippen molar-refractivity contribution in [3.63, 3.8) is 0 Å². The summed E-state index contributed by atoms with van der Waals surface area (Å²) in [6.07, 6.45) is 8.85. The Morgan fingerprint density at radius 2 is 2.50 bits per heavy atom. The summed E-state index contributed by atoms with van der Waals surface area (Å²) in [7, 11) is 0. The van der Waals surface area contributed by atoms with Gasteiger partial charge in [0, 0.05) is 12.2 Å². The van der Waals surface area contributed by atoms with Crippen LogP contribution in [-0.2, 0) is 0 Å². The van der Waals surface area contributed by atoms with Crippen LogP contribution in [0.5, 0.6) is 0 Å². The molecule has 0 saturated carbocycles. The molecule has 0 aromatic carbocycles. The molecule has 1 heteroatoms. The van der Waals surface area contributed by atoms with Crippen LogP contribution in [-0.4, -0.2) is 6.54 Å². The minimum atomic E-state index is 1.17. The molecule has 0 spiro atoms. The third kappa shape index (κ3) is 2.42. The Morgan fingerprint density at radius 1 is 1.60 bits per heavy atom. The van der Waals surface area contributed by atoms with Gasteiger partial charge in [0.15, 0.2) is 0 Å². The molecule has 1 aliphatic rings. The van der Waals surface area contributed by atoms with Crippen LogP contribution in [0.1, 0.15) is 39.0 Å². The molecule has 0 aromatic heterocycles. The molecule has 1 aliphatic carbocycles. The lowest BCUT2D eigenvalue weighted by atomic mass is 10.3. The van der Waals surface area contributed by atoms with Gasteiger partial charge in [0.2, 0.25) is 0 Å². The van der Waals surface area contributed by atoms with Crippen molar-refractivity contribution in [1.82, 2.24) is 5.32 Å². The molecule has 0 saturated heterocycles. The van der Waals surface area contributed by atoms with Gasteiger partial charge in [-0.1, -0.05) is 19.4 Å². The van der Waals surface area contributed by atoms with Gasteiger partial charge in [-0.15, -0.1) is 0 Å². The van der Waals surface area contributed by atoms with Crippen molar-refractivity contribution in [3.05, 3.63) is 11.8 Å². The van der Waals surface area contributed by atoms with E-state index in [9.17, 15) is 0 Å². The second kappa shape index (κ2) is 4.37. The fourth-order valence-corrected chi connectivity index (χ4v) is 1.26. The molecule has 1 N–H and O–H groups in total. The van der Waals surface area contributed by atoms with E-state index in [-0.39, 0.29) is 0 Å². The lowest BCUT2D eigenvalue weighted by molar-refractivity contribution is 0.692. The Kier molecular flexibility index (Phi) is 3.34. The summed E-state index contributed by atoms with van der Waals surface area (Å²) < 4.78 is 0. The van der Waals surface area contributed by atoms with Crippen LogP contribution in [0.3, 0.4) is 0 Å². The van der Waals surface area contributed by atoms with Gasteiger partial charge in [0.1, 0.15) is 0 Å². The lowest BCUT2D eigenvalue weighted by Crippen LogP contribution is -2.12. The fourth-order valence-electron chi connectivity index (χ4n) is 1.26. The first-order valence-corrected chi connectivity index (χ1v) is 4.36. The Bertz CT molecular complexity index is 116. The summed E-state index contributed by atoms with van der Waals surface area (Å²) in [5.41, 5.74) is 1.48. The third-order valence-electron chi connectivity index (χ3n) is 1.92. The molecule has 0 unspecified atom stereocenters. The van der Waals surface area contributed by atoms with Crippen molar-refractivity contribution < 1.29 is 0 Å². The topological polar surface area (TPSA) is 12.0 Å². The van der Waals surface area contributed by atoms with Gasteiger partial charge in [0.05, 0.1) is 0 Å². The maximum absolute atomic E-state index is 3.44. The van der Waals surface area contributed by atoms with E-state index < -0.39 is 0 Å². The number of hydrogen-bond acceptors (Lipinski definition) is 1. The standard InChI is InChI=1S/C9H17N/c1-2-3-8-10-9-6-4-5-7-9/h6,10H,2-5,7-8H2,1H3. The number of nitrogens with one attached hydrogen (secondary N) is 1. The molecule has 58 valence electrons. The molecular weight excluding hydrogens is 122 g/mol. The molecule has 0 atom stereocenters. The van der Waals surface area contributed by atoms with Crippen LogP contribution in [0.15, 0.2) is 11.8 Å². The van der Waals surface area contributed by atoms with Gasteiger partial charge in [-0.05, 0) is 25.7 Å². The van der Waals surface area contributed by atoms with Crippen LogP contribution in [0.25, 0.3) is 0 Å². The maximum Gasteiger partial charge on any atom is 0.0143 e. The minimum absolute atomic E-state index is 1.17. The molecule has 0 radical (unpaired) electrons. The highest BCUT2D eigenvalue weighted by molar-refractivity contribution is 5.04. The predicted octanol–water partition coefficient (Wildman–Crippen LogP) is 2.44. The second-order valence-electron chi connectivity index (χ2n) is 2.90. The van der Waals surface area contributed by atoms with Crippen molar-refractivity contribution in [2.45, 2.75) is 39.0 Å². The zero-order chi connectivity index (χ0) is 7.23. The van der Waals surface area contributed by atoms with Crippen molar-refractivity contribution in [3.8, 4) is 0 Å². The van der Waals surface area contributed by atoms with Crippen molar-refractivity contribution in [2.24, 2.45) is 0 Å². The summed E-state index contributed by atoms with van der Waals surface area (Å²) in [5.74, 6) is 0. The number of rotatable bonds is 4. The summed E-state index contributed by atoms with van der Waals surface area (Å²) in [6.45, 7) is 3.40. The second-order valence-corrected chi connectivity index (χ2v) is 2.90. The summed E-state index contributed by atoms with van der Waals surface area (Å²) in [4.78, 5) is 0. The number of hydrogen-bond donors (Lipinski definition) is 1. The van der Waals surface area contributed by atoms with E-state index in [2.05, 4.69) is 18.3 Å². The van der Waals surface area contributed by atoms with Gasteiger partial charge in [-0.3, -0.25) is 0 Å². The monoisotopic (exact) mass is 139 g/mol. The van der Waals surface area contributed by atoms with Crippen molar-refractivity contribution in [2.75, 3.05) is 6.54 Å². The fraction of sp³-hybridized carbons (Fsp3) is 0.778. The predicted molar refractivity (Wildman–Crippen MR) is 44.8 cm³/mol. The Morgan fingerprint density at radius 3 is 3.10 bits per heavy atom. The molecule has 0 heterocycles. The van der Waals surface area contributed by atoms with Crippen LogP contribution in [0.2, 0.25) is 0 Å². The molecule has 10 heavy (non-hydrogen) atoms. The normalized spacial score (nSPS) is 17.1. The molecular formula is C9H17N. The molecule has 1 rings (SSSR count). The number of allylic oxidation sites excluding steroid dienone is 2. The smallest absolute Gasteiger partial charge is 0.0143 e. The third-order valence-corrected chi connectivity index (χ3v) is 1.92. The maximum atomic E-state index is 3.44. The van der Waals surface area contributed by atoms with E-state index in [1.54, 1.807) is 0 Å². The lowest BCUT2D eigenvalue weighted by Gasteiger charge is -2.04. The first kappa shape index (κ1) is 7.64. The van der Waals surface area contributed by atoms with Crippen molar-refractivity contribution >= 4 is 0 Å². The van der Waals surface area contributed by atoms with E-state index in [0.29, 0.717) is 0 Å². The van der Waals surface area contributed by atoms with Gasteiger partial charge in [0.25, 0.3) is 0 Å². The van der Waals surface area contributed by atoms with Crippen molar-refractivity contribution in [1.29, 1.82) is 0 Å². The first-order valence-electron chi connectivity index (χ1n) is 4.36. The van der Waals surface area contributed by atoms with Crippen LogP contribution >= 0.6 is 0 Å². The van der Waals surface area contributed by atoms with Gasteiger partial charge >= 0.3 is 0 Å². The van der Waals surface area contributed by atoms with Crippen LogP contribution in [0.4, 0.5) is 0 Å². The van der Waals surface area contributed by atoms with E-state index in [1.165, 1.54) is 44.3 Å². The van der Waals surface area contributed by atoms with E-state index in [1.807, 2.05) is 0 Å². The average Bonchev–Trinajstić information content (AvgIpc) is 2.41. The molecule has 0 bridgehead atoms. The van der Waals surface area contributed by atoms with Gasteiger partial charge in [-0.2, -0.15) is 0 Å². The van der Waals surface area contributed by atoms with Gasteiger partial charge in [-0.25, -0.2) is 0 Å². The molecule has 0 fully saturated rings. The Labute approximate surface area is 63.5 Å². The average molecular weight is 139 g/mol. The molecule has 0 aromatic rings. The van der Waals surface area contributed by atoms with Crippen LogP contribution in [0, 0.1) is 0 Å².